The smallest absolute Gasteiger partial charge is 0.240 e. The van der Waals surface area contributed by atoms with Gasteiger partial charge in [0.15, 0.2) is 11.5 Å². The van der Waals surface area contributed by atoms with Crippen LogP contribution in [0, 0.1) is 0 Å². The summed E-state index contributed by atoms with van der Waals surface area (Å²) < 4.78 is 21.3. The number of hydrogen-bond acceptors (Lipinski definition) is 6. The average molecular weight is 358 g/mol. The highest BCUT2D eigenvalue weighted by molar-refractivity contribution is 5.91. The highest BCUT2D eigenvalue weighted by atomic mass is 16.6. The third-order valence-corrected chi connectivity index (χ3v) is 3.99. The number of rotatable bonds is 7. The number of fused-ring (bicyclic) bond motifs is 1. The van der Waals surface area contributed by atoms with Crippen LogP contribution in [0.4, 0.5) is 5.69 Å². The van der Waals surface area contributed by atoms with Crippen molar-refractivity contribution >= 4 is 11.6 Å². The van der Waals surface area contributed by atoms with Crippen LogP contribution in [0.15, 0.2) is 30.3 Å². The van der Waals surface area contributed by atoms with E-state index in [1.165, 1.54) is 14.2 Å². The van der Waals surface area contributed by atoms with Crippen LogP contribution in [-0.2, 0) is 11.2 Å². The van der Waals surface area contributed by atoms with Crippen LogP contribution in [0.2, 0.25) is 0 Å². The number of nitrogens with one attached hydrogen (secondary N) is 1. The molecule has 0 saturated heterocycles. The van der Waals surface area contributed by atoms with Crippen LogP contribution in [0.25, 0.3) is 0 Å². The Bertz CT molecular complexity index is 779. The molecule has 3 rings (SSSR count). The van der Waals surface area contributed by atoms with E-state index in [1.807, 2.05) is 18.2 Å². The maximum atomic E-state index is 12.2. The van der Waals surface area contributed by atoms with Gasteiger partial charge in [-0.05, 0) is 36.6 Å². The molecule has 1 aromatic heterocycles. The number of benzene rings is 1. The zero-order valence-electron chi connectivity index (χ0n) is 14.9. The Morgan fingerprint density at radius 3 is 2.69 bits per heavy atom. The van der Waals surface area contributed by atoms with Crippen LogP contribution in [0.1, 0.15) is 18.4 Å². The van der Waals surface area contributed by atoms with Gasteiger partial charge in [0.05, 0.1) is 14.2 Å². The van der Waals surface area contributed by atoms with Crippen molar-refractivity contribution in [1.82, 2.24) is 4.98 Å². The molecule has 2 aromatic rings. The molecule has 0 unspecified atom stereocenters. The highest BCUT2D eigenvalue weighted by Crippen LogP contribution is 2.31. The summed E-state index contributed by atoms with van der Waals surface area (Å²) >= 11 is 0. The molecule has 0 aliphatic carbocycles. The topological polar surface area (TPSA) is 78.9 Å². The molecule has 26 heavy (non-hydrogen) atoms. The van der Waals surface area contributed by atoms with E-state index >= 15 is 0 Å². The number of aryl methyl sites for hydroxylation is 1. The molecule has 1 N–H and O–H groups in total. The Hall–Kier alpha value is -2.96. The maximum Gasteiger partial charge on any atom is 0.240 e. The first-order valence-electron chi connectivity index (χ1n) is 8.47. The Morgan fingerprint density at radius 1 is 1.12 bits per heavy atom. The fourth-order valence-corrected chi connectivity index (χ4v) is 2.70. The van der Waals surface area contributed by atoms with Crippen molar-refractivity contribution in [3.05, 3.63) is 35.9 Å². The summed E-state index contributed by atoms with van der Waals surface area (Å²) in [6.07, 6.45) is 1.89. The molecule has 0 bridgehead atoms. The van der Waals surface area contributed by atoms with E-state index < -0.39 is 0 Å². The summed E-state index contributed by atoms with van der Waals surface area (Å²) in [5, 5.41) is 2.82. The van der Waals surface area contributed by atoms with Gasteiger partial charge in [0.1, 0.15) is 18.9 Å². The van der Waals surface area contributed by atoms with E-state index in [0.717, 1.165) is 29.9 Å². The molecule has 2 heterocycles. The zero-order valence-corrected chi connectivity index (χ0v) is 14.9. The maximum absolute atomic E-state index is 12.2. The van der Waals surface area contributed by atoms with Gasteiger partial charge in [0, 0.05) is 12.5 Å². The van der Waals surface area contributed by atoms with Crippen molar-refractivity contribution in [2.24, 2.45) is 0 Å². The van der Waals surface area contributed by atoms with E-state index in [0.29, 0.717) is 37.1 Å². The predicted molar refractivity (Wildman–Crippen MR) is 96.3 cm³/mol. The number of carbonyl (C=O) groups excluding carboxylic acids is 1. The Morgan fingerprint density at radius 2 is 1.92 bits per heavy atom. The summed E-state index contributed by atoms with van der Waals surface area (Å²) in [5.41, 5.74) is 1.64. The van der Waals surface area contributed by atoms with Crippen molar-refractivity contribution in [2.75, 3.05) is 32.8 Å². The first-order valence-corrected chi connectivity index (χ1v) is 8.47. The SMILES string of the molecule is COc1ccc(NC(=O)CCCc2ccc3c(c2)OCCO3)c(OC)n1. The van der Waals surface area contributed by atoms with Gasteiger partial charge in [-0.2, -0.15) is 4.98 Å². The van der Waals surface area contributed by atoms with Gasteiger partial charge in [0.2, 0.25) is 17.7 Å². The number of hydrogen-bond donors (Lipinski definition) is 1. The molecular weight excluding hydrogens is 336 g/mol. The molecule has 7 nitrogen and oxygen atoms in total. The second-order valence-corrected chi connectivity index (χ2v) is 5.79. The predicted octanol–water partition coefficient (Wildman–Crippen LogP) is 2.83. The van der Waals surface area contributed by atoms with E-state index in [9.17, 15) is 4.79 Å². The Balaban J connectivity index is 1.51. The second kappa shape index (κ2) is 8.42. The van der Waals surface area contributed by atoms with Crippen LogP contribution in [-0.4, -0.2) is 38.3 Å². The third kappa shape index (κ3) is 4.36. The van der Waals surface area contributed by atoms with Crippen LogP contribution < -0.4 is 24.3 Å². The van der Waals surface area contributed by atoms with Gasteiger partial charge in [-0.15, -0.1) is 0 Å². The summed E-state index contributed by atoms with van der Waals surface area (Å²) in [6.45, 7) is 1.15. The highest BCUT2D eigenvalue weighted by Gasteiger charge is 2.13. The van der Waals surface area contributed by atoms with Gasteiger partial charge in [0.25, 0.3) is 0 Å². The van der Waals surface area contributed by atoms with E-state index in [-0.39, 0.29) is 5.91 Å². The monoisotopic (exact) mass is 358 g/mol. The number of nitrogens with zero attached hydrogens (tertiary/aromatic N) is 1. The molecule has 0 fully saturated rings. The number of anilines is 1. The summed E-state index contributed by atoms with van der Waals surface area (Å²) in [5.74, 6) is 2.21. The van der Waals surface area contributed by atoms with Crippen LogP contribution in [0.5, 0.6) is 23.3 Å². The lowest BCUT2D eigenvalue weighted by molar-refractivity contribution is -0.116. The van der Waals surface area contributed by atoms with Crippen molar-refractivity contribution < 1.29 is 23.7 Å². The van der Waals surface area contributed by atoms with Gasteiger partial charge >= 0.3 is 0 Å². The van der Waals surface area contributed by atoms with Gasteiger partial charge in [-0.1, -0.05) is 6.07 Å². The Kier molecular flexibility index (Phi) is 5.78. The van der Waals surface area contributed by atoms with Gasteiger partial charge in [-0.25, -0.2) is 0 Å². The quantitative estimate of drug-likeness (QED) is 0.820. The molecule has 1 aliphatic heterocycles. The van der Waals surface area contributed by atoms with Gasteiger partial charge in [-0.3, -0.25) is 4.79 Å². The first kappa shape index (κ1) is 17.8. The molecule has 1 amide bonds. The normalized spacial score (nSPS) is 12.4. The molecule has 1 aromatic carbocycles. The molecule has 0 saturated carbocycles. The van der Waals surface area contributed by atoms with E-state index in [2.05, 4.69) is 10.3 Å². The van der Waals surface area contributed by atoms with Crippen molar-refractivity contribution in [1.29, 1.82) is 0 Å². The minimum absolute atomic E-state index is 0.0900. The first-order chi connectivity index (χ1) is 12.7. The minimum Gasteiger partial charge on any atom is -0.486 e. The number of aromatic nitrogens is 1. The molecule has 0 radical (unpaired) electrons. The lowest BCUT2D eigenvalue weighted by atomic mass is 10.1. The summed E-state index contributed by atoms with van der Waals surface area (Å²) in [7, 11) is 3.03. The zero-order chi connectivity index (χ0) is 18.4. The second-order valence-electron chi connectivity index (χ2n) is 5.79. The van der Waals surface area contributed by atoms with Crippen molar-refractivity contribution in [3.63, 3.8) is 0 Å². The number of amides is 1. The molecule has 1 aliphatic rings. The van der Waals surface area contributed by atoms with Crippen LogP contribution in [0.3, 0.4) is 0 Å². The molecule has 138 valence electrons. The number of carbonyl (C=O) groups is 1. The molecule has 0 spiro atoms. The number of pyridine rings is 1. The number of ether oxygens (including phenoxy) is 4. The lowest BCUT2D eigenvalue weighted by Crippen LogP contribution is -2.15. The molecule has 7 heteroatoms. The Labute approximate surface area is 152 Å². The number of methoxy groups -OCH3 is 2. The van der Waals surface area contributed by atoms with Gasteiger partial charge < -0.3 is 24.3 Å². The molecule has 0 atom stereocenters. The van der Waals surface area contributed by atoms with Crippen molar-refractivity contribution in [3.8, 4) is 23.3 Å². The summed E-state index contributed by atoms with van der Waals surface area (Å²) in [4.78, 5) is 16.3. The van der Waals surface area contributed by atoms with Crippen LogP contribution >= 0.6 is 0 Å². The van der Waals surface area contributed by atoms with Crippen molar-refractivity contribution in [2.45, 2.75) is 19.3 Å². The van der Waals surface area contributed by atoms with E-state index in [1.54, 1.807) is 12.1 Å². The molecular formula is C19H22N2O5. The lowest BCUT2D eigenvalue weighted by Gasteiger charge is -2.18. The largest absolute Gasteiger partial charge is 0.486 e. The summed E-state index contributed by atoms with van der Waals surface area (Å²) in [6, 6.07) is 9.28. The third-order valence-electron chi connectivity index (χ3n) is 3.99. The van der Waals surface area contributed by atoms with E-state index in [4.69, 9.17) is 18.9 Å². The average Bonchev–Trinajstić information content (AvgIpc) is 2.68. The fourth-order valence-electron chi connectivity index (χ4n) is 2.70. The standard InChI is InChI=1S/C19H22N2O5/c1-23-18-9-7-14(19(21-18)24-2)20-17(22)5-3-4-13-6-8-15-16(12-13)26-11-10-25-15/h6-9,12H,3-5,10-11H2,1-2H3,(H,20,22). The fraction of sp³-hybridized carbons (Fsp3) is 0.368. The minimum atomic E-state index is -0.0900.